The molecule has 194 valence electrons. The van der Waals surface area contributed by atoms with Gasteiger partial charge in [-0.05, 0) is 27.7 Å². The summed E-state index contributed by atoms with van der Waals surface area (Å²) in [5, 5.41) is 5.36. The van der Waals surface area contributed by atoms with Crippen molar-refractivity contribution in [1.29, 1.82) is 0 Å². The number of rotatable bonds is 14. The minimum atomic E-state index is -3.70. The SMILES string of the molecule is C=C[C@@H](NP(=O)(COCCn1cnc2c(=O)[nH]c(N)nc21)N[C@@H](C)C(=O)OCC)C(=O)OC(C)C. The predicted molar refractivity (Wildman–Crippen MR) is 129 cm³/mol. The number of nitrogens with one attached hydrogen (secondary N) is 3. The highest BCUT2D eigenvalue weighted by atomic mass is 31.2. The number of aromatic amines is 1. The second-order valence-electron chi connectivity index (χ2n) is 7.77. The van der Waals surface area contributed by atoms with Crippen LogP contribution in [0.15, 0.2) is 23.8 Å². The lowest BCUT2D eigenvalue weighted by atomic mass is 10.3. The maximum absolute atomic E-state index is 13.7. The number of anilines is 1. The maximum Gasteiger partial charge on any atom is 0.327 e. The molecule has 2 aromatic rings. The lowest BCUT2D eigenvalue weighted by Gasteiger charge is -2.26. The van der Waals surface area contributed by atoms with Crippen LogP contribution in [-0.2, 0) is 34.9 Å². The fraction of sp³-hybridized carbons (Fsp3) is 0.550. The van der Waals surface area contributed by atoms with Crippen LogP contribution in [0.25, 0.3) is 11.2 Å². The Morgan fingerprint density at radius 3 is 2.66 bits per heavy atom. The normalized spacial score (nSPS) is 14.9. The van der Waals surface area contributed by atoms with Gasteiger partial charge in [-0.2, -0.15) is 4.98 Å². The van der Waals surface area contributed by atoms with E-state index in [2.05, 4.69) is 31.7 Å². The fourth-order valence-corrected chi connectivity index (χ4v) is 4.97. The fourth-order valence-electron chi connectivity index (χ4n) is 2.97. The number of carbonyl (C=O) groups is 2. The first kappa shape index (κ1) is 28.2. The molecule has 0 saturated heterocycles. The van der Waals surface area contributed by atoms with Crippen molar-refractivity contribution in [2.75, 3.05) is 25.3 Å². The third-order valence-corrected chi connectivity index (χ3v) is 6.52. The molecule has 0 radical (unpaired) electrons. The van der Waals surface area contributed by atoms with Gasteiger partial charge >= 0.3 is 11.9 Å². The van der Waals surface area contributed by atoms with Crippen LogP contribution in [0.2, 0.25) is 0 Å². The van der Waals surface area contributed by atoms with Crippen LogP contribution in [0.4, 0.5) is 5.95 Å². The van der Waals surface area contributed by atoms with Crippen LogP contribution in [0.5, 0.6) is 0 Å². The van der Waals surface area contributed by atoms with Crippen LogP contribution in [0, 0.1) is 0 Å². The van der Waals surface area contributed by atoms with E-state index in [1.54, 1.807) is 25.3 Å². The molecule has 0 saturated carbocycles. The van der Waals surface area contributed by atoms with Crippen molar-refractivity contribution in [2.45, 2.75) is 52.4 Å². The number of hydrogen-bond acceptors (Lipinski definition) is 10. The Balaban J connectivity index is 2.12. The van der Waals surface area contributed by atoms with Gasteiger partial charge in [0, 0.05) is 6.54 Å². The summed E-state index contributed by atoms with van der Waals surface area (Å²) in [5.41, 5.74) is 5.52. The molecule has 0 aliphatic carbocycles. The minimum Gasteiger partial charge on any atom is -0.465 e. The highest BCUT2D eigenvalue weighted by molar-refractivity contribution is 7.59. The molecule has 0 amide bonds. The molecule has 0 spiro atoms. The Morgan fingerprint density at radius 1 is 1.31 bits per heavy atom. The number of H-pyrrole nitrogens is 1. The summed E-state index contributed by atoms with van der Waals surface area (Å²) in [5.74, 6) is -1.35. The molecular formula is C20H32N7O7P. The molecule has 0 aromatic carbocycles. The van der Waals surface area contributed by atoms with Crippen LogP contribution < -0.4 is 21.5 Å². The molecule has 3 atom stereocenters. The van der Waals surface area contributed by atoms with Gasteiger partial charge in [-0.15, -0.1) is 6.58 Å². The lowest BCUT2D eigenvalue weighted by molar-refractivity contribution is -0.148. The van der Waals surface area contributed by atoms with Crippen LogP contribution in [0.1, 0.15) is 27.7 Å². The number of esters is 2. The number of imidazole rings is 1. The van der Waals surface area contributed by atoms with Gasteiger partial charge < -0.3 is 24.5 Å². The van der Waals surface area contributed by atoms with Crippen LogP contribution >= 0.6 is 7.44 Å². The Labute approximate surface area is 202 Å². The number of nitrogens with zero attached hydrogens (tertiary/aromatic N) is 3. The Hall–Kier alpha value is -3.06. The molecular weight excluding hydrogens is 481 g/mol. The zero-order chi connectivity index (χ0) is 26.2. The molecule has 2 aromatic heterocycles. The van der Waals surface area contributed by atoms with Gasteiger partial charge in [-0.1, -0.05) is 6.08 Å². The topological polar surface area (TPSA) is 193 Å². The smallest absolute Gasteiger partial charge is 0.327 e. The van der Waals surface area contributed by atoms with Gasteiger partial charge in [0.15, 0.2) is 11.2 Å². The zero-order valence-electron chi connectivity index (χ0n) is 20.1. The zero-order valence-corrected chi connectivity index (χ0v) is 21.0. The summed E-state index contributed by atoms with van der Waals surface area (Å²) in [6.45, 7) is 10.5. The van der Waals surface area contributed by atoms with Gasteiger partial charge in [-0.25, -0.2) is 20.0 Å². The standard InChI is InChI=1S/C20H32N7O7P/c1-6-14(19(30)34-12(3)4)26-35(31,25-13(5)18(29)33-7-2)11-32-9-8-27-10-22-15-16(27)23-20(21)24-17(15)28/h6,10,12-14H,1,7-9,11H2,2-5H3,(H2,25,26,31)(H3,21,23,24,28)/t13-,14+,35?/m0/s1. The summed E-state index contributed by atoms with van der Waals surface area (Å²) >= 11 is 0. The first-order valence-corrected chi connectivity index (χ1v) is 12.8. The summed E-state index contributed by atoms with van der Waals surface area (Å²) in [7, 11) is -3.70. The number of fused-ring (bicyclic) bond motifs is 1. The van der Waals surface area contributed by atoms with Crippen molar-refractivity contribution < 1.29 is 28.4 Å². The first-order valence-electron chi connectivity index (χ1n) is 10.9. The molecule has 2 heterocycles. The number of nitrogens with two attached hydrogens (primary N) is 1. The highest BCUT2D eigenvalue weighted by Crippen LogP contribution is 2.38. The van der Waals surface area contributed by atoms with Gasteiger partial charge in [-0.3, -0.25) is 19.1 Å². The summed E-state index contributed by atoms with van der Waals surface area (Å²) in [4.78, 5) is 46.8. The largest absolute Gasteiger partial charge is 0.465 e. The Bertz CT molecular complexity index is 1150. The molecule has 15 heteroatoms. The van der Waals surface area contributed by atoms with Crippen LogP contribution in [-0.4, -0.2) is 69.2 Å². The number of nitrogen functional groups attached to an aromatic ring is 1. The van der Waals surface area contributed by atoms with Crippen molar-refractivity contribution in [3.8, 4) is 0 Å². The molecule has 2 rings (SSSR count). The quantitative estimate of drug-likeness (QED) is 0.119. The van der Waals surface area contributed by atoms with Gasteiger partial charge in [0.25, 0.3) is 5.56 Å². The summed E-state index contributed by atoms with van der Waals surface area (Å²) in [6.07, 6.45) is 1.87. The Morgan fingerprint density at radius 2 is 2.03 bits per heavy atom. The highest BCUT2D eigenvalue weighted by Gasteiger charge is 2.33. The minimum absolute atomic E-state index is 0.0379. The molecule has 1 unspecified atom stereocenters. The molecule has 5 N–H and O–H groups in total. The van der Waals surface area contributed by atoms with E-state index in [0.29, 0.717) is 0 Å². The number of ether oxygens (including phenoxy) is 3. The van der Waals surface area contributed by atoms with Gasteiger partial charge in [0.2, 0.25) is 13.4 Å². The van der Waals surface area contributed by atoms with Crippen molar-refractivity contribution in [1.82, 2.24) is 29.7 Å². The van der Waals surface area contributed by atoms with E-state index >= 15 is 0 Å². The van der Waals surface area contributed by atoms with Crippen molar-refractivity contribution in [3.63, 3.8) is 0 Å². The van der Waals surface area contributed by atoms with E-state index < -0.39 is 49.5 Å². The van der Waals surface area contributed by atoms with Crippen molar-refractivity contribution in [3.05, 3.63) is 29.3 Å². The van der Waals surface area contributed by atoms with Crippen LogP contribution in [0.3, 0.4) is 0 Å². The van der Waals surface area contributed by atoms with E-state index in [9.17, 15) is 18.9 Å². The van der Waals surface area contributed by atoms with Crippen molar-refractivity contribution in [2.24, 2.45) is 0 Å². The second-order valence-corrected chi connectivity index (χ2v) is 10.0. The molecule has 0 bridgehead atoms. The maximum atomic E-state index is 13.7. The molecule has 35 heavy (non-hydrogen) atoms. The summed E-state index contributed by atoms with van der Waals surface area (Å²) in [6, 6.07) is -2.08. The summed E-state index contributed by atoms with van der Waals surface area (Å²) < 4.78 is 30.9. The monoisotopic (exact) mass is 513 g/mol. The van der Waals surface area contributed by atoms with Gasteiger partial charge in [0.1, 0.15) is 18.4 Å². The van der Waals surface area contributed by atoms with E-state index in [1.807, 2.05) is 0 Å². The number of carbonyl (C=O) groups excluding carboxylic acids is 2. The van der Waals surface area contributed by atoms with E-state index in [1.165, 1.54) is 19.3 Å². The average Bonchev–Trinajstić information content (AvgIpc) is 3.17. The number of aromatic nitrogens is 4. The van der Waals surface area contributed by atoms with E-state index in [4.69, 9.17) is 19.9 Å². The second kappa shape index (κ2) is 12.6. The molecule has 0 aliphatic heterocycles. The molecule has 0 fully saturated rings. The van der Waals surface area contributed by atoms with E-state index in [-0.39, 0.29) is 36.9 Å². The Kier molecular flexibility index (Phi) is 10.1. The van der Waals surface area contributed by atoms with E-state index in [0.717, 1.165) is 0 Å². The molecule has 0 aliphatic rings. The predicted octanol–water partition coefficient (Wildman–Crippen LogP) is 0.506. The third kappa shape index (κ3) is 7.99. The average molecular weight is 513 g/mol. The number of hydrogen-bond donors (Lipinski definition) is 4. The lowest BCUT2D eigenvalue weighted by Crippen LogP contribution is -2.43. The van der Waals surface area contributed by atoms with Gasteiger partial charge in [0.05, 0.1) is 25.6 Å². The molecule has 14 nitrogen and oxygen atoms in total. The first-order chi connectivity index (χ1) is 16.5. The third-order valence-electron chi connectivity index (χ3n) is 4.47. The van der Waals surface area contributed by atoms with Crippen molar-refractivity contribution >= 4 is 36.5 Å².